The fourth-order valence-electron chi connectivity index (χ4n) is 1.60. The lowest BCUT2D eigenvalue weighted by atomic mass is 10.1. The van der Waals surface area contributed by atoms with Crippen LogP contribution in [-0.4, -0.2) is 18.2 Å². The van der Waals surface area contributed by atoms with Gasteiger partial charge in [-0.2, -0.15) is 0 Å². The maximum Gasteiger partial charge on any atom is 0.157 e. The Morgan fingerprint density at radius 1 is 1.27 bits per heavy atom. The van der Waals surface area contributed by atoms with Crippen LogP contribution in [0.15, 0.2) is 34.3 Å². The number of nitrogens with two attached hydrogens (primary N) is 1. The molecule has 0 aromatic heterocycles. The fraction of sp³-hybridized carbons (Fsp3) is 0.333. The van der Waals surface area contributed by atoms with Gasteiger partial charge in [-0.3, -0.25) is 4.99 Å². The molecule has 78 valence electrons. The van der Waals surface area contributed by atoms with E-state index in [0.29, 0.717) is 5.84 Å². The van der Waals surface area contributed by atoms with Gasteiger partial charge in [0.1, 0.15) is 5.84 Å². The number of nitrogens with zero attached hydrogens (tertiary/aromatic N) is 2. The quantitative estimate of drug-likeness (QED) is 0.747. The molecule has 0 atom stereocenters. The van der Waals surface area contributed by atoms with Crippen LogP contribution in [0.3, 0.4) is 0 Å². The van der Waals surface area contributed by atoms with Crippen molar-refractivity contribution in [2.24, 2.45) is 15.7 Å². The summed E-state index contributed by atoms with van der Waals surface area (Å²) in [6.45, 7) is 2.98. The lowest BCUT2D eigenvalue weighted by molar-refractivity contribution is 0.807. The van der Waals surface area contributed by atoms with Crippen LogP contribution in [0.1, 0.15) is 30.9 Å². The zero-order valence-electron chi connectivity index (χ0n) is 8.90. The Hall–Kier alpha value is -1.64. The van der Waals surface area contributed by atoms with E-state index in [2.05, 4.69) is 16.9 Å². The summed E-state index contributed by atoms with van der Waals surface area (Å²) in [5.74, 6) is 1.37. The van der Waals surface area contributed by atoms with Gasteiger partial charge in [0.05, 0.1) is 0 Å². The largest absolute Gasteiger partial charge is 0.383 e. The lowest BCUT2D eigenvalue weighted by Crippen LogP contribution is -2.09. The van der Waals surface area contributed by atoms with Gasteiger partial charge in [0.2, 0.25) is 0 Å². The molecular formula is C12H15N3. The van der Waals surface area contributed by atoms with Crippen molar-refractivity contribution in [2.45, 2.75) is 19.8 Å². The van der Waals surface area contributed by atoms with Crippen LogP contribution in [0.4, 0.5) is 0 Å². The standard InChI is InChI=1S/C12H15N3/c1-2-3-8-14-12-10-7-5-4-6-9(10)11(13)15-12/h4-7H,2-3,8H2,1H3,(H2,13,14,15). The minimum Gasteiger partial charge on any atom is -0.383 e. The summed E-state index contributed by atoms with van der Waals surface area (Å²) in [5.41, 5.74) is 7.88. The van der Waals surface area contributed by atoms with Crippen molar-refractivity contribution in [3.63, 3.8) is 0 Å². The predicted molar refractivity (Wildman–Crippen MR) is 63.5 cm³/mol. The number of amidine groups is 2. The van der Waals surface area contributed by atoms with Crippen molar-refractivity contribution < 1.29 is 0 Å². The minimum absolute atomic E-state index is 0.584. The predicted octanol–water partition coefficient (Wildman–Crippen LogP) is 1.95. The maximum absolute atomic E-state index is 5.81. The summed E-state index contributed by atoms with van der Waals surface area (Å²) < 4.78 is 0. The van der Waals surface area contributed by atoms with Crippen LogP contribution in [0.2, 0.25) is 0 Å². The van der Waals surface area contributed by atoms with Gasteiger partial charge in [-0.1, -0.05) is 37.6 Å². The molecule has 3 nitrogen and oxygen atoms in total. The highest BCUT2D eigenvalue weighted by atomic mass is 15.0. The summed E-state index contributed by atoms with van der Waals surface area (Å²) in [6.07, 6.45) is 2.25. The Labute approximate surface area is 89.7 Å². The number of unbranched alkanes of at least 4 members (excludes halogenated alkanes) is 1. The summed E-state index contributed by atoms with van der Waals surface area (Å²) in [7, 11) is 0. The highest BCUT2D eigenvalue weighted by Gasteiger charge is 2.17. The fourth-order valence-corrected chi connectivity index (χ4v) is 1.60. The summed E-state index contributed by atoms with van der Waals surface area (Å²) in [6, 6.07) is 7.96. The molecule has 0 bridgehead atoms. The van der Waals surface area contributed by atoms with Crippen LogP contribution < -0.4 is 5.73 Å². The second kappa shape index (κ2) is 4.26. The van der Waals surface area contributed by atoms with E-state index in [4.69, 9.17) is 5.73 Å². The number of hydrogen-bond donors (Lipinski definition) is 1. The first-order chi connectivity index (χ1) is 7.33. The second-order valence-corrected chi connectivity index (χ2v) is 3.60. The third-order valence-electron chi connectivity index (χ3n) is 2.44. The monoisotopic (exact) mass is 201 g/mol. The molecule has 0 amide bonds. The molecule has 1 aliphatic heterocycles. The number of rotatable bonds is 3. The smallest absolute Gasteiger partial charge is 0.157 e. The first-order valence-electron chi connectivity index (χ1n) is 5.31. The SMILES string of the molecule is CCCCN=C1N=C(N)c2ccccc21. The van der Waals surface area contributed by atoms with E-state index >= 15 is 0 Å². The highest BCUT2D eigenvalue weighted by Crippen LogP contribution is 2.17. The van der Waals surface area contributed by atoms with Gasteiger partial charge in [-0.25, -0.2) is 4.99 Å². The first-order valence-corrected chi connectivity index (χ1v) is 5.31. The van der Waals surface area contributed by atoms with Gasteiger partial charge in [0, 0.05) is 17.7 Å². The van der Waals surface area contributed by atoms with E-state index in [9.17, 15) is 0 Å². The zero-order valence-corrected chi connectivity index (χ0v) is 8.90. The van der Waals surface area contributed by atoms with Crippen LogP contribution >= 0.6 is 0 Å². The van der Waals surface area contributed by atoms with Crippen LogP contribution in [0.5, 0.6) is 0 Å². The molecule has 0 saturated carbocycles. The lowest BCUT2D eigenvalue weighted by Gasteiger charge is -1.98. The molecule has 15 heavy (non-hydrogen) atoms. The number of aliphatic imine (C=N–C) groups is 2. The van der Waals surface area contributed by atoms with Crippen molar-refractivity contribution in [3.8, 4) is 0 Å². The second-order valence-electron chi connectivity index (χ2n) is 3.60. The van der Waals surface area contributed by atoms with Crippen molar-refractivity contribution in [1.29, 1.82) is 0 Å². The molecule has 0 saturated heterocycles. The molecule has 1 aromatic carbocycles. The number of benzene rings is 1. The highest BCUT2D eigenvalue weighted by molar-refractivity contribution is 6.21. The van der Waals surface area contributed by atoms with Crippen molar-refractivity contribution >= 4 is 11.7 Å². The summed E-state index contributed by atoms with van der Waals surface area (Å²) >= 11 is 0. The first kappa shape index (κ1) is 9.90. The molecule has 1 aromatic rings. The van der Waals surface area contributed by atoms with E-state index in [-0.39, 0.29) is 0 Å². The van der Waals surface area contributed by atoms with Crippen LogP contribution in [0, 0.1) is 0 Å². The minimum atomic E-state index is 0.584. The van der Waals surface area contributed by atoms with Gasteiger partial charge >= 0.3 is 0 Å². The summed E-state index contributed by atoms with van der Waals surface area (Å²) in [4.78, 5) is 8.73. The third-order valence-corrected chi connectivity index (χ3v) is 2.44. The van der Waals surface area contributed by atoms with Crippen LogP contribution in [-0.2, 0) is 0 Å². The topological polar surface area (TPSA) is 50.7 Å². The van der Waals surface area contributed by atoms with E-state index in [1.807, 2.05) is 24.3 Å². The van der Waals surface area contributed by atoms with Gasteiger partial charge in [-0.05, 0) is 6.42 Å². The van der Waals surface area contributed by atoms with E-state index in [1.165, 1.54) is 0 Å². The number of hydrogen-bond acceptors (Lipinski definition) is 2. The molecule has 0 radical (unpaired) electrons. The molecule has 3 heteroatoms. The molecule has 0 fully saturated rings. The van der Waals surface area contributed by atoms with Gasteiger partial charge in [0.15, 0.2) is 5.84 Å². The number of fused-ring (bicyclic) bond motifs is 1. The Bertz CT molecular complexity index is 419. The molecule has 2 N–H and O–H groups in total. The van der Waals surface area contributed by atoms with Crippen LogP contribution in [0.25, 0.3) is 0 Å². The normalized spacial score (nSPS) is 16.6. The van der Waals surface area contributed by atoms with E-state index in [0.717, 1.165) is 36.3 Å². The van der Waals surface area contributed by atoms with Gasteiger partial charge < -0.3 is 5.73 Å². The Balaban J connectivity index is 2.27. The molecule has 1 heterocycles. The Kier molecular flexibility index (Phi) is 2.81. The molecule has 1 aliphatic rings. The zero-order chi connectivity index (χ0) is 10.7. The molecule has 0 spiro atoms. The average molecular weight is 201 g/mol. The maximum atomic E-state index is 5.81. The molecule has 0 aliphatic carbocycles. The van der Waals surface area contributed by atoms with Crippen molar-refractivity contribution in [1.82, 2.24) is 0 Å². The Morgan fingerprint density at radius 3 is 2.73 bits per heavy atom. The van der Waals surface area contributed by atoms with Gasteiger partial charge in [0.25, 0.3) is 0 Å². The van der Waals surface area contributed by atoms with Gasteiger partial charge in [-0.15, -0.1) is 0 Å². The van der Waals surface area contributed by atoms with Crippen molar-refractivity contribution in [3.05, 3.63) is 35.4 Å². The molecular weight excluding hydrogens is 186 g/mol. The Morgan fingerprint density at radius 2 is 2.00 bits per heavy atom. The van der Waals surface area contributed by atoms with E-state index < -0.39 is 0 Å². The average Bonchev–Trinajstić information content (AvgIpc) is 2.58. The van der Waals surface area contributed by atoms with E-state index in [1.54, 1.807) is 0 Å². The third kappa shape index (κ3) is 1.91. The van der Waals surface area contributed by atoms with Crippen molar-refractivity contribution in [2.75, 3.05) is 6.54 Å². The molecule has 0 unspecified atom stereocenters. The summed E-state index contributed by atoms with van der Waals surface area (Å²) in [5, 5.41) is 0. The molecule has 2 rings (SSSR count).